The van der Waals surface area contributed by atoms with Gasteiger partial charge in [-0.1, -0.05) is 12.2 Å². The van der Waals surface area contributed by atoms with Crippen LogP contribution in [-0.4, -0.2) is 28.2 Å². The maximum Gasteiger partial charge on any atom is 0.240 e. The van der Waals surface area contributed by atoms with Crippen LogP contribution in [0.4, 0.5) is 5.69 Å². The fraction of sp³-hybridized carbons (Fsp3) is 0.429. The number of hydrogen-bond donors (Lipinski definition) is 2. The van der Waals surface area contributed by atoms with Gasteiger partial charge in [0.25, 0.3) is 0 Å². The average Bonchev–Trinajstić information content (AvgIpc) is 2.32. The number of nitrogens with two attached hydrogens (primary N) is 1. The molecule has 0 saturated heterocycles. The topological polar surface area (TPSA) is 81.4 Å². The molecule has 1 aromatic rings. The first kappa shape index (κ1) is 16.7. The molecule has 0 atom stereocenters. The zero-order chi connectivity index (χ0) is 15.3. The molecular weight excluding hydrogens is 276 g/mol. The summed E-state index contributed by atoms with van der Waals surface area (Å²) in [5.74, 6) is 0. The molecule has 5 nitrogen and oxygen atoms in total. The normalized spacial score (nSPS) is 11.6. The molecule has 0 radical (unpaired) electrons. The highest BCUT2D eigenvalue weighted by molar-refractivity contribution is 7.89. The third-order valence-electron chi connectivity index (χ3n) is 2.72. The Morgan fingerprint density at radius 1 is 1.40 bits per heavy atom. The van der Waals surface area contributed by atoms with E-state index in [1.807, 2.05) is 13.8 Å². The van der Waals surface area contributed by atoms with Crippen molar-refractivity contribution in [1.82, 2.24) is 4.72 Å². The van der Waals surface area contributed by atoms with Gasteiger partial charge in [0.1, 0.15) is 0 Å². The second kappa shape index (κ2) is 6.88. The SMILES string of the molecule is C=C(C)COCCNS(=O)(=O)c1cc(C)cc(N)c1C. The minimum atomic E-state index is -3.57. The monoisotopic (exact) mass is 298 g/mol. The highest BCUT2D eigenvalue weighted by Crippen LogP contribution is 2.22. The number of anilines is 1. The summed E-state index contributed by atoms with van der Waals surface area (Å²) in [5.41, 5.74) is 8.55. The summed E-state index contributed by atoms with van der Waals surface area (Å²) < 4.78 is 32.2. The van der Waals surface area contributed by atoms with Crippen molar-refractivity contribution < 1.29 is 13.2 Å². The Balaban J connectivity index is 2.72. The summed E-state index contributed by atoms with van der Waals surface area (Å²) in [4.78, 5) is 0.218. The Morgan fingerprint density at radius 2 is 2.05 bits per heavy atom. The molecule has 1 rings (SSSR count). The molecule has 0 aliphatic heterocycles. The summed E-state index contributed by atoms with van der Waals surface area (Å²) in [5, 5.41) is 0. The van der Waals surface area contributed by atoms with Gasteiger partial charge in [-0.05, 0) is 44.0 Å². The molecule has 0 heterocycles. The van der Waals surface area contributed by atoms with E-state index < -0.39 is 10.0 Å². The van der Waals surface area contributed by atoms with Crippen molar-refractivity contribution in [3.8, 4) is 0 Å². The average molecular weight is 298 g/mol. The van der Waals surface area contributed by atoms with E-state index in [-0.39, 0.29) is 11.4 Å². The molecule has 112 valence electrons. The Kier molecular flexibility index (Phi) is 5.74. The highest BCUT2D eigenvalue weighted by Gasteiger charge is 2.18. The van der Waals surface area contributed by atoms with Gasteiger partial charge in [0.2, 0.25) is 10.0 Å². The smallest absolute Gasteiger partial charge is 0.240 e. The van der Waals surface area contributed by atoms with Crippen LogP contribution in [0.15, 0.2) is 29.2 Å². The summed E-state index contributed by atoms with van der Waals surface area (Å²) in [6.07, 6.45) is 0. The van der Waals surface area contributed by atoms with Crippen molar-refractivity contribution in [3.05, 3.63) is 35.4 Å². The Bertz CT molecular complexity index is 595. The van der Waals surface area contributed by atoms with Crippen LogP contribution in [0.1, 0.15) is 18.1 Å². The summed E-state index contributed by atoms with van der Waals surface area (Å²) >= 11 is 0. The molecule has 0 aliphatic rings. The van der Waals surface area contributed by atoms with E-state index in [4.69, 9.17) is 10.5 Å². The molecule has 0 fully saturated rings. The van der Waals surface area contributed by atoms with Crippen LogP contribution in [0.2, 0.25) is 0 Å². The van der Waals surface area contributed by atoms with Crippen molar-refractivity contribution >= 4 is 15.7 Å². The molecule has 3 N–H and O–H groups in total. The van der Waals surface area contributed by atoms with Crippen LogP contribution in [0.3, 0.4) is 0 Å². The van der Waals surface area contributed by atoms with Gasteiger partial charge in [-0.3, -0.25) is 0 Å². The molecule has 20 heavy (non-hydrogen) atoms. The van der Waals surface area contributed by atoms with Crippen LogP contribution in [0, 0.1) is 13.8 Å². The zero-order valence-corrected chi connectivity index (χ0v) is 13.0. The van der Waals surface area contributed by atoms with Gasteiger partial charge in [-0.15, -0.1) is 0 Å². The molecule has 0 aromatic heterocycles. The van der Waals surface area contributed by atoms with E-state index in [0.29, 0.717) is 24.5 Å². The van der Waals surface area contributed by atoms with Gasteiger partial charge >= 0.3 is 0 Å². The second-order valence-electron chi connectivity index (χ2n) is 4.88. The summed E-state index contributed by atoms with van der Waals surface area (Å²) in [7, 11) is -3.57. The summed E-state index contributed by atoms with van der Waals surface area (Å²) in [6, 6.07) is 3.37. The van der Waals surface area contributed by atoms with Crippen molar-refractivity contribution in [1.29, 1.82) is 0 Å². The third-order valence-corrected chi connectivity index (χ3v) is 4.31. The Hall–Kier alpha value is -1.37. The third kappa shape index (κ3) is 4.63. The van der Waals surface area contributed by atoms with E-state index in [2.05, 4.69) is 11.3 Å². The van der Waals surface area contributed by atoms with Crippen LogP contribution in [-0.2, 0) is 14.8 Å². The zero-order valence-electron chi connectivity index (χ0n) is 12.2. The summed E-state index contributed by atoms with van der Waals surface area (Å²) in [6.45, 7) is 10.00. The van der Waals surface area contributed by atoms with Crippen molar-refractivity contribution in [3.63, 3.8) is 0 Å². The molecule has 0 unspecified atom stereocenters. The Labute approximate surface area is 120 Å². The lowest BCUT2D eigenvalue weighted by Gasteiger charge is -2.12. The fourth-order valence-electron chi connectivity index (χ4n) is 1.70. The first-order valence-electron chi connectivity index (χ1n) is 6.32. The number of hydrogen-bond acceptors (Lipinski definition) is 4. The molecule has 1 aromatic carbocycles. The predicted octanol–water partition coefficient (Wildman–Crippen LogP) is 1.76. The molecule has 0 saturated carbocycles. The maximum absolute atomic E-state index is 12.2. The number of nitrogens with one attached hydrogen (secondary N) is 1. The van der Waals surface area contributed by atoms with E-state index in [0.717, 1.165) is 11.1 Å². The maximum atomic E-state index is 12.2. The molecule has 0 spiro atoms. The molecule has 0 amide bonds. The lowest BCUT2D eigenvalue weighted by molar-refractivity contribution is 0.162. The highest BCUT2D eigenvalue weighted by atomic mass is 32.2. The fourth-order valence-corrected chi connectivity index (χ4v) is 3.07. The number of aryl methyl sites for hydroxylation is 1. The number of nitrogen functional groups attached to an aromatic ring is 1. The van der Waals surface area contributed by atoms with E-state index in [1.165, 1.54) is 0 Å². The van der Waals surface area contributed by atoms with Gasteiger partial charge in [0, 0.05) is 12.2 Å². The van der Waals surface area contributed by atoms with Crippen LogP contribution >= 0.6 is 0 Å². The predicted molar refractivity (Wildman–Crippen MR) is 81.1 cm³/mol. The van der Waals surface area contributed by atoms with E-state index in [1.54, 1.807) is 19.1 Å². The van der Waals surface area contributed by atoms with Crippen LogP contribution in [0.5, 0.6) is 0 Å². The van der Waals surface area contributed by atoms with Crippen LogP contribution in [0.25, 0.3) is 0 Å². The van der Waals surface area contributed by atoms with Gasteiger partial charge in [0.15, 0.2) is 0 Å². The van der Waals surface area contributed by atoms with E-state index in [9.17, 15) is 8.42 Å². The molecule has 6 heteroatoms. The quantitative estimate of drug-likeness (QED) is 0.456. The first-order valence-corrected chi connectivity index (χ1v) is 7.81. The molecular formula is C14H22N2O3S. The second-order valence-corrected chi connectivity index (χ2v) is 6.62. The molecule has 0 bridgehead atoms. The first-order chi connectivity index (χ1) is 9.24. The number of benzene rings is 1. The van der Waals surface area contributed by atoms with Crippen LogP contribution < -0.4 is 10.5 Å². The lowest BCUT2D eigenvalue weighted by Crippen LogP contribution is -2.28. The van der Waals surface area contributed by atoms with Gasteiger partial charge in [-0.2, -0.15) is 0 Å². The molecule has 0 aliphatic carbocycles. The minimum Gasteiger partial charge on any atom is -0.398 e. The van der Waals surface area contributed by atoms with Gasteiger partial charge < -0.3 is 10.5 Å². The Morgan fingerprint density at radius 3 is 2.65 bits per heavy atom. The van der Waals surface area contributed by atoms with Crippen molar-refractivity contribution in [2.45, 2.75) is 25.7 Å². The standard InChI is InChI=1S/C14H22N2O3S/c1-10(2)9-19-6-5-16-20(17,18)14-8-11(3)7-13(15)12(14)4/h7-8,16H,1,5-6,9,15H2,2-4H3. The minimum absolute atomic E-state index is 0.211. The van der Waals surface area contributed by atoms with Gasteiger partial charge in [-0.25, -0.2) is 13.1 Å². The largest absolute Gasteiger partial charge is 0.398 e. The van der Waals surface area contributed by atoms with Crippen molar-refractivity contribution in [2.75, 3.05) is 25.5 Å². The number of rotatable bonds is 7. The van der Waals surface area contributed by atoms with E-state index >= 15 is 0 Å². The lowest BCUT2D eigenvalue weighted by atomic mass is 10.1. The van der Waals surface area contributed by atoms with Gasteiger partial charge in [0.05, 0.1) is 18.1 Å². The van der Waals surface area contributed by atoms with Crippen molar-refractivity contribution in [2.24, 2.45) is 0 Å². The number of ether oxygens (including phenoxy) is 1. The number of sulfonamides is 1.